The second-order valence-electron chi connectivity index (χ2n) is 5.16. The molecule has 5 heteroatoms. The molecule has 0 aliphatic carbocycles. The van der Waals surface area contributed by atoms with E-state index in [-0.39, 0.29) is 12.1 Å². The molecule has 0 aromatic heterocycles. The van der Waals surface area contributed by atoms with E-state index in [1.807, 2.05) is 39.0 Å². The van der Waals surface area contributed by atoms with Crippen molar-refractivity contribution in [2.45, 2.75) is 45.7 Å². The number of benzene rings is 1. The Hall–Kier alpha value is -0.910. The summed E-state index contributed by atoms with van der Waals surface area (Å²) in [6.45, 7) is 5.61. The average molecular weight is 284 g/mol. The second kappa shape index (κ2) is 7.03. The summed E-state index contributed by atoms with van der Waals surface area (Å²) in [6, 6.07) is 9.97. The average Bonchev–Trinajstić information content (AvgIpc) is 2.36. The zero-order valence-electron chi connectivity index (χ0n) is 12.1. The highest BCUT2D eigenvalue weighted by molar-refractivity contribution is 7.87. The summed E-state index contributed by atoms with van der Waals surface area (Å²) in [5.74, 6) is 0. The molecule has 0 amide bonds. The van der Waals surface area contributed by atoms with Crippen LogP contribution in [0.5, 0.6) is 0 Å². The fourth-order valence-corrected chi connectivity index (χ4v) is 3.05. The minimum atomic E-state index is -3.38. The molecule has 0 radical (unpaired) electrons. The molecule has 0 fully saturated rings. The summed E-state index contributed by atoms with van der Waals surface area (Å²) in [6.07, 6.45) is 1.66. The van der Waals surface area contributed by atoms with Gasteiger partial charge >= 0.3 is 0 Å². The normalized spacial score (nSPS) is 14.0. The summed E-state index contributed by atoms with van der Waals surface area (Å²) >= 11 is 0. The highest BCUT2D eigenvalue weighted by atomic mass is 32.2. The molecule has 1 atom stereocenters. The Kier molecular flexibility index (Phi) is 5.97. The van der Waals surface area contributed by atoms with Gasteiger partial charge in [-0.3, -0.25) is 0 Å². The molecule has 19 heavy (non-hydrogen) atoms. The van der Waals surface area contributed by atoms with Crippen molar-refractivity contribution < 1.29 is 8.42 Å². The predicted octanol–water partition coefficient (Wildman–Crippen LogP) is 2.18. The summed E-state index contributed by atoms with van der Waals surface area (Å²) in [5.41, 5.74) is 1.23. The van der Waals surface area contributed by atoms with E-state index >= 15 is 0 Å². The van der Waals surface area contributed by atoms with Crippen LogP contribution in [-0.4, -0.2) is 31.9 Å². The third-order valence-electron chi connectivity index (χ3n) is 3.17. The number of aryl methyl sites for hydroxylation is 1. The molecule has 0 saturated heterocycles. The molecule has 0 unspecified atom stereocenters. The maximum absolute atomic E-state index is 12.0. The quantitative estimate of drug-likeness (QED) is 0.834. The molecule has 0 saturated carbocycles. The van der Waals surface area contributed by atoms with Crippen molar-refractivity contribution >= 4 is 10.2 Å². The van der Waals surface area contributed by atoms with E-state index in [9.17, 15) is 8.42 Å². The van der Waals surface area contributed by atoms with Gasteiger partial charge in [-0.25, -0.2) is 0 Å². The van der Waals surface area contributed by atoms with E-state index in [1.54, 1.807) is 7.05 Å². The Morgan fingerprint density at radius 3 is 2.26 bits per heavy atom. The van der Waals surface area contributed by atoms with Crippen LogP contribution in [0.3, 0.4) is 0 Å². The van der Waals surface area contributed by atoms with Crippen molar-refractivity contribution in [1.82, 2.24) is 9.03 Å². The van der Waals surface area contributed by atoms with Crippen molar-refractivity contribution in [3.8, 4) is 0 Å². The standard InChI is InChI=1S/C14H24N2O2S/c1-12(2)16(4)19(17,18)15-13(3)10-11-14-8-6-5-7-9-14/h5-9,12-13,15H,10-11H2,1-4H3/t13-/m1/s1. The maximum Gasteiger partial charge on any atom is 0.279 e. The van der Waals surface area contributed by atoms with Gasteiger partial charge in [-0.1, -0.05) is 30.3 Å². The van der Waals surface area contributed by atoms with Crippen LogP contribution in [-0.2, 0) is 16.6 Å². The lowest BCUT2D eigenvalue weighted by Crippen LogP contribution is -2.45. The lowest BCUT2D eigenvalue weighted by atomic mass is 10.1. The molecule has 108 valence electrons. The first-order valence-electron chi connectivity index (χ1n) is 6.62. The Bertz CT molecular complexity index is 471. The largest absolute Gasteiger partial charge is 0.279 e. The number of rotatable bonds is 7. The molecule has 1 N–H and O–H groups in total. The third-order valence-corrected chi connectivity index (χ3v) is 5.05. The van der Waals surface area contributed by atoms with Gasteiger partial charge in [0.05, 0.1) is 0 Å². The topological polar surface area (TPSA) is 49.4 Å². The van der Waals surface area contributed by atoms with Gasteiger partial charge in [0.2, 0.25) is 0 Å². The highest BCUT2D eigenvalue weighted by Crippen LogP contribution is 2.07. The summed E-state index contributed by atoms with van der Waals surface area (Å²) in [5, 5.41) is 0. The Morgan fingerprint density at radius 1 is 1.16 bits per heavy atom. The summed E-state index contributed by atoms with van der Waals surface area (Å²) in [4.78, 5) is 0. The van der Waals surface area contributed by atoms with Gasteiger partial charge in [-0.05, 0) is 39.2 Å². The van der Waals surface area contributed by atoms with Gasteiger partial charge in [0.15, 0.2) is 0 Å². The lowest BCUT2D eigenvalue weighted by molar-refractivity contribution is 0.395. The minimum Gasteiger partial charge on any atom is -0.199 e. The second-order valence-corrected chi connectivity index (χ2v) is 6.92. The van der Waals surface area contributed by atoms with E-state index in [2.05, 4.69) is 16.9 Å². The van der Waals surface area contributed by atoms with Crippen LogP contribution in [0.2, 0.25) is 0 Å². The lowest BCUT2D eigenvalue weighted by Gasteiger charge is -2.23. The fourth-order valence-electron chi connectivity index (χ4n) is 1.70. The van der Waals surface area contributed by atoms with Crippen molar-refractivity contribution in [3.05, 3.63) is 35.9 Å². The Labute approximate surface area is 117 Å². The molecule has 1 rings (SSSR count). The first kappa shape index (κ1) is 16.1. The zero-order chi connectivity index (χ0) is 14.5. The number of nitrogens with one attached hydrogen (secondary N) is 1. The molecule has 1 aromatic carbocycles. The zero-order valence-corrected chi connectivity index (χ0v) is 12.9. The fraction of sp³-hybridized carbons (Fsp3) is 0.571. The summed E-state index contributed by atoms with van der Waals surface area (Å²) in [7, 11) is -1.79. The van der Waals surface area contributed by atoms with Gasteiger partial charge in [-0.15, -0.1) is 0 Å². The molecule has 0 spiro atoms. The Morgan fingerprint density at radius 2 is 1.74 bits per heavy atom. The molecular formula is C14H24N2O2S. The van der Waals surface area contributed by atoms with Crippen LogP contribution in [0.25, 0.3) is 0 Å². The third kappa shape index (κ3) is 5.30. The van der Waals surface area contributed by atoms with Gasteiger partial charge in [0, 0.05) is 19.1 Å². The van der Waals surface area contributed by atoms with Crippen LogP contribution in [0, 0.1) is 0 Å². The van der Waals surface area contributed by atoms with Crippen LogP contribution in [0.4, 0.5) is 0 Å². The van der Waals surface area contributed by atoms with E-state index < -0.39 is 10.2 Å². The van der Waals surface area contributed by atoms with Crippen molar-refractivity contribution in [2.75, 3.05) is 7.05 Å². The predicted molar refractivity (Wildman–Crippen MR) is 79.2 cm³/mol. The highest BCUT2D eigenvalue weighted by Gasteiger charge is 2.22. The van der Waals surface area contributed by atoms with E-state index in [1.165, 1.54) is 9.87 Å². The number of hydrogen-bond donors (Lipinski definition) is 1. The van der Waals surface area contributed by atoms with E-state index in [0.717, 1.165) is 12.8 Å². The molecule has 4 nitrogen and oxygen atoms in total. The molecule has 0 aliphatic rings. The van der Waals surface area contributed by atoms with Crippen LogP contribution < -0.4 is 4.72 Å². The van der Waals surface area contributed by atoms with Crippen LogP contribution >= 0.6 is 0 Å². The van der Waals surface area contributed by atoms with Gasteiger partial charge in [0.25, 0.3) is 10.2 Å². The molecule has 1 aromatic rings. The first-order valence-corrected chi connectivity index (χ1v) is 8.06. The Balaban J connectivity index is 2.49. The number of nitrogens with zero attached hydrogens (tertiary/aromatic N) is 1. The van der Waals surface area contributed by atoms with Gasteiger partial charge < -0.3 is 0 Å². The van der Waals surface area contributed by atoms with E-state index in [4.69, 9.17) is 0 Å². The van der Waals surface area contributed by atoms with Crippen LogP contribution in [0.1, 0.15) is 32.8 Å². The van der Waals surface area contributed by atoms with E-state index in [0.29, 0.717) is 0 Å². The maximum atomic E-state index is 12.0. The minimum absolute atomic E-state index is 0.0428. The molecule has 0 bridgehead atoms. The monoisotopic (exact) mass is 284 g/mol. The van der Waals surface area contributed by atoms with Crippen LogP contribution in [0.15, 0.2) is 30.3 Å². The SMILES string of the molecule is CC(C)N(C)S(=O)(=O)N[C@H](C)CCc1ccccc1. The van der Waals surface area contributed by atoms with Crippen molar-refractivity contribution in [2.24, 2.45) is 0 Å². The molecule has 0 heterocycles. The smallest absolute Gasteiger partial charge is 0.199 e. The first-order chi connectivity index (χ1) is 8.83. The van der Waals surface area contributed by atoms with Crippen molar-refractivity contribution in [1.29, 1.82) is 0 Å². The van der Waals surface area contributed by atoms with Gasteiger partial charge in [-0.2, -0.15) is 17.4 Å². The van der Waals surface area contributed by atoms with Crippen molar-refractivity contribution in [3.63, 3.8) is 0 Å². The van der Waals surface area contributed by atoms with Gasteiger partial charge in [0.1, 0.15) is 0 Å². The number of hydrogen-bond acceptors (Lipinski definition) is 2. The summed E-state index contributed by atoms with van der Waals surface area (Å²) < 4.78 is 28.1. The molecular weight excluding hydrogens is 260 g/mol. The molecule has 0 aliphatic heterocycles.